The van der Waals surface area contributed by atoms with Crippen molar-refractivity contribution < 1.29 is 4.79 Å². The summed E-state index contributed by atoms with van der Waals surface area (Å²) >= 11 is 0. The highest BCUT2D eigenvalue weighted by atomic mass is 16.1. The van der Waals surface area contributed by atoms with Gasteiger partial charge in [-0.2, -0.15) is 0 Å². The Morgan fingerprint density at radius 3 is 2.75 bits per heavy atom. The van der Waals surface area contributed by atoms with Crippen LogP contribution in [0, 0.1) is 5.92 Å². The van der Waals surface area contributed by atoms with Crippen LogP contribution < -0.4 is 0 Å². The van der Waals surface area contributed by atoms with Crippen molar-refractivity contribution in [3.05, 3.63) is 12.2 Å². The molecular formula is C10H15NO. The maximum atomic E-state index is 11.0. The highest BCUT2D eigenvalue weighted by molar-refractivity contribution is 5.82. The number of Topliss-reactive ketones (excluding diaryl/α,β-unsaturated/α-hetero) is 1. The molecule has 12 heavy (non-hydrogen) atoms. The Balaban J connectivity index is 1.76. The zero-order valence-corrected chi connectivity index (χ0v) is 7.33. The molecule has 0 aromatic carbocycles. The Kier molecular flexibility index (Phi) is 2.26. The number of rotatable bonds is 2. The van der Waals surface area contributed by atoms with Crippen LogP contribution in [0.2, 0.25) is 0 Å². The van der Waals surface area contributed by atoms with Gasteiger partial charge in [0.1, 0.15) is 5.78 Å². The second kappa shape index (κ2) is 3.40. The smallest absolute Gasteiger partial charge is 0.148 e. The molecule has 0 aromatic rings. The fourth-order valence-electron chi connectivity index (χ4n) is 2.03. The number of hydrogen-bond donors (Lipinski definition) is 0. The summed E-state index contributed by atoms with van der Waals surface area (Å²) in [5.74, 6) is 1.21. The molecule has 0 spiro atoms. The summed E-state index contributed by atoms with van der Waals surface area (Å²) in [4.78, 5) is 13.3. The summed E-state index contributed by atoms with van der Waals surface area (Å²) in [7, 11) is 0. The number of allylic oxidation sites excluding steroid dienone is 2. The van der Waals surface area contributed by atoms with E-state index in [1.54, 1.807) is 0 Å². The van der Waals surface area contributed by atoms with Gasteiger partial charge >= 0.3 is 0 Å². The molecule has 1 aliphatic heterocycles. The van der Waals surface area contributed by atoms with Crippen LogP contribution >= 0.6 is 0 Å². The third-order valence-corrected chi connectivity index (χ3v) is 2.73. The molecule has 2 nitrogen and oxygen atoms in total. The van der Waals surface area contributed by atoms with E-state index < -0.39 is 0 Å². The predicted molar refractivity (Wildman–Crippen MR) is 47.9 cm³/mol. The van der Waals surface area contributed by atoms with Gasteiger partial charge in [-0.15, -0.1) is 0 Å². The molecule has 1 fully saturated rings. The number of carbonyl (C=O) groups is 1. The van der Waals surface area contributed by atoms with Crippen LogP contribution in [-0.4, -0.2) is 30.3 Å². The Morgan fingerprint density at radius 1 is 1.42 bits per heavy atom. The summed E-state index contributed by atoms with van der Waals surface area (Å²) in [5, 5.41) is 0. The van der Waals surface area contributed by atoms with Crippen molar-refractivity contribution in [2.45, 2.75) is 19.3 Å². The minimum absolute atomic E-state index is 0.418. The van der Waals surface area contributed by atoms with Crippen LogP contribution in [-0.2, 0) is 4.79 Å². The van der Waals surface area contributed by atoms with Crippen molar-refractivity contribution in [1.29, 1.82) is 0 Å². The Hall–Kier alpha value is -0.630. The highest BCUT2D eigenvalue weighted by Gasteiger charge is 2.22. The molecular weight excluding hydrogens is 150 g/mol. The van der Waals surface area contributed by atoms with Gasteiger partial charge in [0.2, 0.25) is 0 Å². The number of nitrogens with zero attached hydrogens (tertiary/aromatic N) is 1. The Morgan fingerprint density at radius 2 is 2.17 bits per heavy atom. The minimum Gasteiger partial charge on any atom is -0.298 e. The molecule has 66 valence electrons. The molecule has 1 saturated heterocycles. The van der Waals surface area contributed by atoms with E-state index in [0.29, 0.717) is 12.3 Å². The predicted octanol–water partition coefficient (Wildman–Crippen LogP) is 1.23. The maximum absolute atomic E-state index is 11.0. The van der Waals surface area contributed by atoms with Gasteiger partial charge in [-0.25, -0.2) is 0 Å². The first-order valence-electron chi connectivity index (χ1n) is 4.73. The molecule has 1 heterocycles. The normalized spacial score (nSPS) is 25.8. The highest BCUT2D eigenvalue weighted by Crippen LogP contribution is 2.20. The van der Waals surface area contributed by atoms with Crippen molar-refractivity contribution in [2.24, 2.45) is 5.92 Å². The lowest BCUT2D eigenvalue weighted by Crippen LogP contribution is -2.26. The van der Waals surface area contributed by atoms with Crippen LogP contribution in [0.3, 0.4) is 0 Å². The molecule has 0 N–H and O–H groups in total. The molecule has 2 rings (SSSR count). The van der Waals surface area contributed by atoms with E-state index in [1.165, 1.54) is 12.8 Å². The summed E-state index contributed by atoms with van der Waals surface area (Å²) in [5.41, 5.74) is 0. The second-order valence-corrected chi connectivity index (χ2v) is 3.83. The van der Waals surface area contributed by atoms with E-state index >= 15 is 0 Å². The lowest BCUT2D eigenvalue weighted by molar-refractivity contribution is -0.116. The lowest BCUT2D eigenvalue weighted by Gasteiger charge is -2.18. The van der Waals surface area contributed by atoms with E-state index in [-0.39, 0.29) is 0 Å². The van der Waals surface area contributed by atoms with E-state index in [0.717, 1.165) is 25.4 Å². The average molecular weight is 165 g/mol. The van der Waals surface area contributed by atoms with Crippen molar-refractivity contribution in [3.63, 3.8) is 0 Å². The van der Waals surface area contributed by atoms with Crippen LogP contribution in [0.1, 0.15) is 19.3 Å². The molecule has 0 bridgehead atoms. The van der Waals surface area contributed by atoms with Gasteiger partial charge in [0, 0.05) is 19.5 Å². The van der Waals surface area contributed by atoms with Gasteiger partial charge in [0.05, 0.1) is 6.54 Å². The first-order valence-corrected chi connectivity index (χ1v) is 4.73. The third-order valence-electron chi connectivity index (χ3n) is 2.73. The van der Waals surface area contributed by atoms with E-state index in [2.05, 4.69) is 17.1 Å². The standard InChI is InChI=1S/C10H15NO/c12-10-5-6-11(8-10)7-9-3-1-2-4-9/h1-2,9H,3-8H2. The maximum Gasteiger partial charge on any atom is 0.148 e. The van der Waals surface area contributed by atoms with E-state index in [1.807, 2.05) is 0 Å². The van der Waals surface area contributed by atoms with Gasteiger partial charge in [-0.1, -0.05) is 12.2 Å². The molecule has 2 heteroatoms. The summed E-state index contributed by atoms with van der Waals surface area (Å²) in [6.07, 6.45) is 7.71. The van der Waals surface area contributed by atoms with Gasteiger partial charge in [-0.05, 0) is 18.8 Å². The van der Waals surface area contributed by atoms with Crippen molar-refractivity contribution in [3.8, 4) is 0 Å². The molecule has 2 aliphatic rings. The minimum atomic E-state index is 0.418. The molecule has 0 atom stereocenters. The molecule has 0 aromatic heterocycles. The third kappa shape index (κ3) is 1.75. The quantitative estimate of drug-likeness (QED) is 0.573. The van der Waals surface area contributed by atoms with Crippen molar-refractivity contribution in [2.75, 3.05) is 19.6 Å². The average Bonchev–Trinajstić information content (AvgIpc) is 2.63. The summed E-state index contributed by atoms with van der Waals surface area (Å²) < 4.78 is 0. The van der Waals surface area contributed by atoms with E-state index in [4.69, 9.17) is 0 Å². The summed E-state index contributed by atoms with van der Waals surface area (Å²) in [6, 6.07) is 0. The van der Waals surface area contributed by atoms with Crippen LogP contribution in [0.15, 0.2) is 12.2 Å². The first kappa shape index (κ1) is 7.99. The first-order chi connectivity index (χ1) is 5.84. The number of ketones is 1. The molecule has 0 radical (unpaired) electrons. The van der Waals surface area contributed by atoms with Gasteiger partial charge in [0.15, 0.2) is 0 Å². The second-order valence-electron chi connectivity index (χ2n) is 3.83. The Labute approximate surface area is 73.2 Å². The summed E-state index contributed by atoms with van der Waals surface area (Å²) in [6.45, 7) is 2.82. The Bertz CT molecular complexity index is 202. The fraction of sp³-hybridized carbons (Fsp3) is 0.700. The molecule has 0 unspecified atom stereocenters. The monoisotopic (exact) mass is 165 g/mol. The van der Waals surface area contributed by atoms with Crippen LogP contribution in [0.4, 0.5) is 0 Å². The van der Waals surface area contributed by atoms with E-state index in [9.17, 15) is 4.79 Å². The van der Waals surface area contributed by atoms with Crippen LogP contribution in [0.25, 0.3) is 0 Å². The SMILES string of the molecule is O=C1CCN(CC2CC=CC2)C1. The van der Waals surface area contributed by atoms with Gasteiger partial charge < -0.3 is 0 Å². The zero-order valence-electron chi connectivity index (χ0n) is 7.33. The van der Waals surface area contributed by atoms with Crippen molar-refractivity contribution >= 4 is 5.78 Å². The lowest BCUT2D eigenvalue weighted by atomic mass is 10.1. The van der Waals surface area contributed by atoms with Gasteiger partial charge in [-0.3, -0.25) is 9.69 Å². The largest absolute Gasteiger partial charge is 0.298 e. The topological polar surface area (TPSA) is 20.3 Å². The number of hydrogen-bond acceptors (Lipinski definition) is 2. The number of carbonyl (C=O) groups excluding carboxylic acids is 1. The molecule has 1 aliphatic carbocycles. The van der Waals surface area contributed by atoms with Crippen LogP contribution in [0.5, 0.6) is 0 Å². The zero-order chi connectivity index (χ0) is 8.39. The van der Waals surface area contributed by atoms with Crippen molar-refractivity contribution in [1.82, 2.24) is 4.90 Å². The fourth-order valence-corrected chi connectivity index (χ4v) is 2.03. The molecule has 0 amide bonds. The van der Waals surface area contributed by atoms with Gasteiger partial charge in [0.25, 0.3) is 0 Å². The molecule has 0 saturated carbocycles. The number of likely N-dealkylation sites (tertiary alicyclic amines) is 1.